The van der Waals surface area contributed by atoms with Crippen molar-refractivity contribution in [1.29, 1.82) is 0 Å². The fraction of sp³-hybridized carbons (Fsp3) is 0.250. The minimum Gasteiger partial charge on any atom is -0.323 e. The van der Waals surface area contributed by atoms with Crippen LogP contribution < -0.4 is 5.32 Å². The van der Waals surface area contributed by atoms with E-state index in [9.17, 15) is 4.79 Å². The Bertz CT molecular complexity index is 1020. The zero-order valence-electron chi connectivity index (χ0n) is 18.1. The van der Waals surface area contributed by atoms with Gasteiger partial charge in [-0.15, -0.1) is 0 Å². The summed E-state index contributed by atoms with van der Waals surface area (Å²) >= 11 is 0. The van der Waals surface area contributed by atoms with Crippen LogP contribution in [0.25, 0.3) is 17.2 Å². The number of piperidine rings is 1. The average molecular weight is 411 g/mol. The highest BCUT2D eigenvalue weighted by molar-refractivity contribution is 6.02. The zero-order valence-corrected chi connectivity index (χ0v) is 18.1. The predicted octanol–water partition coefficient (Wildman–Crippen LogP) is 6.55. The summed E-state index contributed by atoms with van der Waals surface area (Å²) in [5, 5.41) is 2.96. The molecule has 1 unspecified atom stereocenters. The molecule has 0 bridgehead atoms. The van der Waals surface area contributed by atoms with E-state index in [1.54, 1.807) is 6.08 Å². The smallest absolute Gasteiger partial charge is 0.248 e. The molecule has 3 nitrogen and oxygen atoms in total. The van der Waals surface area contributed by atoms with Crippen LogP contribution in [-0.2, 0) is 4.79 Å². The number of anilines is 1. The highest BCUT2D eigenvalue weighted by Crippen LogP contribution is 2.25. The Kier molecular flexibility index (Phi) is 6.96. The molecule has 1 aliphatic heterocycles. The first-order valence-electron chi connectivity index (χ1n) is 11.2. The maximum atomic E-state index is 12.4. The fourth-order valence-electron chi connectivity index (χ4n) is 4.17. The third kappa shape index (κ3) is 5.71. The van der Waals surface area contributed by atoms with Crippen LogP contribution in [0.2, 0.25) is 0 Å². The lowest BCUT2D eigenvalue weighted by Crippen LogP contribution is -2.32. The Labute approximate surface area is 185 Å². The van der Waals surface area contributed by atoms with E-state index in [0.29, 0.717) is 6.04 Å². The molecule has 1 atom stereocenters. The SMILES string of the molecule is CC(c1ccc(NC(=O)/C=C/c2cccc(-c3ccccc3)c2)cc1)N1CCCCC1. The van der Waals surface area contributed by atoms with E-state index >= 15 is 0 Å². The fourth-order valence-corrected chi connectivity index (χ4v) is 4.17. The third-order valence-electron chi connectivity index (χ3n) is 6.02. The van der Waals surface area contributed by atoms with Crippen LogP contribution in [0, 0.1) is 0 Å². The number of carbonyl (C=O) groups excluding carboxylic acids is 1. The molecule has 158 valence electrons. The van der Waals surface area contributed by atoms with Gasteiger partial charge < -0.3 is 5.32 Å². The van der Waals surface area contributed by atoms with Gasteiger partial charge in [0, 0.05) is 17.8 Å². The largest absolute Gasteiger partial charge is 0.323 e. The first-order valence-corrected chi connectivity index (χ1v) is 11.2. The average Bonchev–Trinajstić information content (AvgIpc) is 2.84. The predicted molar refractivity (Wildman–Crippen MR) is 130 cm³/mol. The quantitative estimate of drug-likeness (QED) is 0.467. The van der Waals surface area contributed by atoms with Gasteiger partial charge in [0.25, 0.3) is 0 Å². The van der Waals surface area contributed by atoms with E-state index in [2.05, 4.69) is 53.5 Å². The van der Waals surface area contributed by atoms with Crippen molar-refractivity contribution in [3.8, 4) is 11.1 Å². The minimum absolute atomic E-state index is 0.123. The molecule has 0 aliphatic carbocycles. The molecule has 3 aromatic rings. The van der Waals surface area contributed by atoms with Crippen molar-refractivity contribution in [2.75, 3.05) is 18.4 Å². The molecule has 31 heavy (non-hydrogen) atoms. The summed E-state index contributed by atoms with van der Waals surface area (Å²) in [4.78, 5) is 14.9. The van der Waals surface area contributed by atoms with Crippen LogP contribution in [0.4, 0.5) is 5.69 Å². The van der Waals surface area contributed by atoms with Gasteiger partial charge in [0.05, 0.1) is 0 Å². The van der Waals surface area contributed by atoms with Gasteiger partial charge in [-0.1, -0.05) is 67.1 Å². The summed E-state index contributed by atoms with van der Waals surface area (Å²) in [6, 6.07) is 27.1. The highest BCUT2D eigenvalue weighted by Gasteiger charge is 2.17. The van der Waals surface area contributed by atoms with Gasteiger partial charge in [-0.3, -0.25) is 9.69 Å². The van der Waals surface area contributed by atoms with Gasteiger partial charge >= 0.3 is 0 Å². The molecular formula is C28H30N2O. The lowest BCUT2D eigenvalue weighted by molar-refractivity contribution is -0.111. The van der Waals surface area contributed by atoms with Crippen molar-refractivity contribution in [2.24, 2.45) is 0 Å². The number of nitrogens with one attached hydrogen (secondary N) is 1. The van der Waals surface area contributed by atoms with Gasteiger partial charge in [-0.2, -0.15) is 0 Å². The first kappa shape index (κ1) is 21.1. The molecule has 1 amide bonds. The number of benzene rings is 3. The molecule has 1 saturated heterocycles. The second-order valence-corrected chi connectivity index (χ2v) is 8.21. The van der Waals surface area contributed by atoms with Crippen LogP contribution in [0.5, 0.6) is 0 Å². The van der Waals surface area contributed by atoms with Gasteiger partial charge in [0.1, 0.15) is 0 Å². The van der Waals surface area contributed by atoms with Crippen LogP contribution >= 0.6 is 0 Å². The molecule has 1 fully saturated rings. The number of carbonyl (C=O) groups is 1. The van der Waals surface area contributed by atoms with E-state index in [1.807, 2.05) is 48.5 Å². The van der Waals surface area contributed by atoms with E-state index in [0.717, 1.165) is 16.8 Å². The van der Waals surface area contributed by atoms with Crippen molar-refractivity contribution >= 4 is 17.7 Å². The summed E-state index contributed by atoms with van der Waals surface area (Å²) in [6.07, 6.45) is 7.37. The normalized spacial score (nSPS) is 15.6. The summed E-state index contributed by atoms with van der Waals surface area (Å²) in [5.74, 6) is -0.123. The summed E-state index contributed by atoms with van der Waals surface area (Å²) in [6.45, 7) is 4.62. The lowest BCUT2D eigenvalue weighted by Gasteiger charge is -2.32. The van der Waals surface area contributed by atoms with Gasteiger partial charge in [-0.25, -0.2) is 0 Å². The second-order valence-electron chi connectivity index (χ2n) is 8.21. The molecule has 3 aromatic carbocycles. The second kappa shape index (κ2) is 10.2. The Morgan fingerprint density at radius 1 is 0.871 bits per heavy atom. The standard InChI is InChI=1S/C28H30N2O/c1-22(30-19-6-3-7-20-30)24-14-16-27(17-15-24)29-28(31)18-13-23-9-8-12-26(21-23)25-10-4-2-5-11-25/h2,4-5,8-18,21-22H,3,6-7,19-20H2,1H3,(H,29,31)/b18-13+. The molecule has 1 heterocycles. The van der Waals surface area contributed by atoms with Crippen molar-refractivity contribution in [3.05, 3.63) is 96.1 Å². The maximum Gasteiger partial charge on any atom is 0.248 e. The summed E-state index contributed by atoms with van der Waals surface area (Å²) in [5.41, 5.74) is 5.43. The third-order valence-corrected chi connectivity index (χ3v) is 6.02. The van der Waals surface area contributed by atoms with Crippen LogP contribution in [-0.4, -0.2) is 23.9 Å². The molecule has 1 N–H and O–H groups in total. The van der Waals surface area contributed by atoms with Gasteiger partial charge in [-0.05, 0) is 79.4 Å². The Morgan fingerprint density at radius 2 is 1.58 bits per heavy atom. The molecule has 0 saturated carbocycles. The minimum atomic E-state index is -0.123. The topological polar surface area (TPSA) is 32.3 Å². The van der Waals surface area contributed by atoms with E-state index in [-0.39, 0.29) is 5.91 Å². The molecule has 0 radical (unpaired) electrons. The van der Waals surface area contributed by atoms with Gasteiger partial charge in [0.2, 0.25) is 5.91 Å². The van der Waals surface area contributed by atoms with Crippen LogP contribution in [0.15, 0.2) is 84.9 Å². The lowest BCUT2D eigenvalue weighted by atomic mass is 10.0. The van der Waals surface area contributed by atoms with E-state index in [4.69, 9.17) is 0 Å². The number of hydrogen-bond donors (Lipinski definition) is 1. The number of nitrogens with zero attached hydrogens (tertiary/aromatic N) is 1. The molecule has 0 aromatic heterocycles. The monoisotopic (exact) mass is 410 g/mol. The van der Waals surface area contributed by atoms with Crippen molar-refractivity contribution in [3.63, 3.8) is 0 Å². The molecule has 1 aliphatic rings. The van der Waals surface area contributed by atoms with Crippen molar-refractivity contribution in [2.45, 2.75) is 32.2 Å². The molecule has 3 heteroatoms. The molecule has 0 spiro atoms. The molecular weight excluding hydrogens is 380 g/mol. The Morgan fingerprint density at radius 3 is 2.32 bits per heavy atom. The van der Waals surface area contributed by atoms with E-state index in [1.165, 1.54) is 43.5 Å². The Hall–Kier alpha value is -3.17. The maximum absolute atomic E-state index is 12.4. The van der Waals surface area contributed by atoms with Crippen LogP contribution in [0.1, 0.15) is 43.4 Å². The number of likely N-dealkylation sites (tertiary alicyclic amines) is 1. The first-order chi connectivity index (χ1) is 15.2. The van der Waals surface area contributed by atoms with E-state index < -0.39 is 0 Å². The van der Waals surface area contributed by atoms with Crippen molar-refractivity contribution < 1.29 is 4.79 Å². The highest BCUT2D eigenvalue weighted by atomic mass is 16.1. The number of rotatable bonds is 6. The summed E-state index contributed by atoms with van der Waals surface area (Å²) in [7, 11) is 0. The summed E-state index contributed by atoms with van der Waals surface area (Å²) < 4.78 is 0. The number of hydrogen-bond acceptors (Lipinski definition) is 2. The van der Waals surface area contributed by atoms with Gasteiger partial charge in [0.15, 0.2) is 0 Å². The Balaban J connectivity index is 1.36. The van der Waals surface area contributed by atoms with Crippen LogP contribution in [0.3, 0.4) is 0 Å². The van der Waals surface area contributed by atoms with Crippen molar-refractivity contribution in [1.82, 2.24) is 4.90 Å². The zero-order chi connectivity index (χ0) is 21.5. The number of amides is 1. The molecule has 4 rings (SSSR count).